The van der Waals surface area contributed by atoms with Gasteiger partial charge in [-0.2, -0.15) is 4.31 Å². The second-order valence-electron chi connectivity index (χ2n) is 6.32. The maximum absolute atomic E-state index is 13.0. The van der Waals surface area contributed by atoms with Crippen molar-refractivity contribution in [1.82, 2.24) is 9.46 Å². The average molecular weight is 385 g/mol. The highest BCUT2D eigenvalue weighted by molar-refractivity contribution is 7.91. The van der Waals surface area contributed by atoms with Gasteiger partial charge >= 0.3 is 0 Å². The van der Waals surface area contributed by atoms with Crippen LogP contribution in [0.1, 0.15) is 37.6 Å². The first-order valence-electron chi connectivity index (χ1n) is 8.58. The van der Waals surface area contributed by atoms with Crippen LogP contribution in [0.2, 0.25) is 0 Å². The minimum atomic E-state index is -3.50. The van der Waals surface area contributed by atoms with Gasteiger partial charge in [0.25, 0.3) is 10.0 Å². The van der Waals surface area contributed by atoms with Gasteiger partial charge in [-0.05, 0) is 45.2 Å². The molecule has 1 aliphatic heterocycles. The van der Waals surface area contributed by atoms with E-state index in [1.165, 1.54) is 11.3 Å². The number of thiophene rings is 1. The first-order chi connectivity index (χ1) is 11.9. The standard InChI is InChI=1S/C17H24N2O4S2/c1-4-10-22-14-6-5-9-19(11-14)25(20,21)16-8-7-15(24-16)17-12(2)18-23-13(17)3/h7-8,14H,4-6,9-11H2,1-3H3. The maximum atomic E-state index is 13.0. The average Bonchev–Trinajstić information content (AvgIpc) is 3.20. The van der Waals surface area contributed by atoms with E-state index in [0.717, 1.165) is 35.4 Å². The van der Waals surface area contributed by atoms with Crippen LogP contribution in [0.4, 0.5) is 0 Å². The van der Waals surface area contributed by atoms with Gasteiger partial charge in [-0.25, -0.2) is 8.42 Å². The van der Waals surface area contributed by atoms with E-state index in [9.17, 15) is 8.42 Å². The molecule has 25 heavy (non-hydrogen) atoms. The lowest BCUT2D eigenvalue weighted by molar-refractivity contribution is 0.0194. The summed E-state index contributed by atoms with van der Waals surface area (Å²) in [6.07, 6.45) is 2.68. The fourth-order valence-electron chi connectivity index (χ4n) is 3.10. The van der Waals surface area contributed by atoms with E-state index >= 15 is 0 Å². The van der Waals surface area contributed by atoms with Crippen molar-refractivity contribution >= 4 is 21.4 Å². The van der Waals surface area contributed by atoms with Gasteiger partial charge in [0.2, 0.25) is 0 Å². The van der Waals surface area contributed by atoms with Crippen molar-refractivity contribution in [2.45, 2.75) is 50.3 Å². The molecule has 3 heterocycles. The molecule has 2 aromatic heterocycles. The molecule has 8 heteroatoms. The van der Waals surface area contributed by atoms with Gasteiger partial charge in [0, 0.05) is 24.6 Å². The van der Waals surface area contributed by atoms with Crippen molar-refractivity contribution < 1.29 is 17.7 Å². The monoisotopic (exact) mass is 384 g/mol. The predicted octanol–water partition coefficient (Wildman–Crippen LogP) is 3.60. The number of aryl methyl sites for hydroxylation is 2. The van der Waals surface area contributed by atoms with Crippen molar-refractivity contribution in [3.63, 3.8) is 0 Å². The third-order valence-corrected chi connectivity index (χ3v) is 7.79. The van der Waals surface area contributed by atoms with Crippen LogP contribution in [-0.2, 0) is 14.8 Å². The lowest BCUT2D eigenvalue weighted by Gasteiger charge is -2.31. The van der Waals surface area contributed by atoms with Crippen molar-refractivity contribution in [2.24, 2.45) is 0 Å². The number of rotatable bonds is 6. The fraction of sp³-hybridized carbons (Fsp3) is 0.588. The molecule has 6 nitrogen and oxygen atoms in total. The maximum Gasteiger partial charge on any atom is 0.252 e. The van der Waals surface area contributed by atoms with Gasteiger partial charge in [-0.1, -0.05) is 12.1 Å². The highest BCUT2D eigenvalue weighted by Crippen LogP contribution is 2.36. The van der Waals surface area contributed by atoms with E-state index in [4.69, 9.17) is 9.26 Å². The van der Waals surface area contributed by atoms with Crippen LogP contribution in [0.3, 0.4) is 0 Å². The molecule has 0 saturated carbocycles. The molecule has 2 aromatic rings. The molecular formula is C17H24N2O4S2. The zero-order chi connectivity index (χ0) is 18.0. The second kappa shape index (κ2) is 7.57. The Morgan fingerprint density at radius 2 is 2.20 bits per heavy atom. The Kier molecular flexibility index (Phi) is 5.62. The number of hydrogen-bond donors (Lipinski definition) is 0. The Balaban J connectivity index is 1.81. The van der Waals surface area contributed by atoms with Crippen LogP contribution in [0.5, 0.6) is 0 Å². The van der Waals surface area contributed by atoms with E-state index in [2.05, 4.69) is 12.1 Å². The number of ether oxygens (including phenoxy) is 1. The van der Waals surface area contributed by atoms with Crippen LogP contribution in [0.25, 0.3) is 10.4 Å². The molecule has 1 atom stereocenters. The summed E-state index contributed by atoms with van der Waals surface area (Å²) in [5.74, 6) is 0.703. The van der Waals surface area contributed by atoms with Crippen molar-refractivity contribution in [2.75, 3.05) is 19.7 Å². The molecule has 0 N–H and O–H groups in total. The molecular weight excluding hydrogens is 360 g/mol. The van der Waals surface area contributed by atoms with Crippen molar-refractivity contribution in [3.05, 3.63) is 23.6 Å². The molecule has 1 fully saturated rings. The Morgan fingerprint density at radius 3 is 2.88 bits per heavy atom. The minimum absolute atomic E-state index is 0.00882. The number of hydrogen-bond acceptors (Lipinski definition) is 6. The molecule has 1 aliphatic rings. The fourth-order valence-corrected chi connectivity index (χ4v) is 6.21. The molecule has 0 radical (unpaired) electrons. The topological polar surface area (TPSA) is 72.6 Å². The summed E-state index contributed by atoms with van der Waals surface area (Å²) in [5.41, 5.74) is 1.66. The van der Waals surface area contributed by atoms with Crippen LogP contribution >= 0.6 is 11.3 Å². The molecule has 1 unspecified atom stereocenters. The number of nitrogens with zero attached hydrogens (tertiary/aromatic N) is 2. The SMILES string of the molecule is CCCOC1CCCN(S(=O)(=O)c2ccc(-c3c(C)noc3C)s2)C1. The summed E-state index contributed by atoms with van der Waals surface area (Å²) in [4.78, 5) is 0.866. The van der Waals surface area contributed by atoms with E-state index in [0.29, 0.717) is 29.7 Å². The van der Waals surface area contributed by atoms with Gasteiger partial charge in [0.05, 0.1) is 17.4 Å². The molecule has 3 rings (SSSR count). The molecule has 0 aromatic carbocycles. The number of aromatic nitrogens is 1. The summed E-state index contributed by atoms with van der Waals surface area (Å²) in [7, 11) is -3.50. The molecule has 0 spiro atoms. The Hall–Kier alpha value is -1.22. The van der Waals surface area contributed by atoms with Crippen molar-refractivity contribution in [1.29, 1.82) is 0 Å². The summed E-state index contributed by atoms with van der Waals surface area (Å²) < 4.78 is 38.9. The molecule has 1 saturated heterocycles. The number of piperidine rings is 1. The summed E-state index contributed by atoms with van der Waals surface area (Å²) in [6, 6.07) is 3.51. The van der Waals surface area contributed by atoms with Crippen molar-refractivity contribution in [3.8, 4) is 10.4 Å². The molecule has 0 bridgehead atoms. The van der Waals surface area contributed by atoms with Crippen LogP contribution in [0, 0.1) is 13.8 Å². The molecule has 138 valence electrons. The minimum Gasteiger partial charge on any atom is -0.377 e. The quantitative estimate of drug-likeness (QED) is 0.761. The van der Waals surface area contributed by atoms with Gasteiger partial charge in [-0.3, -0.25) is 0 Å². The van der Waals surface area contributed by atoms with E-state index in [1.807, 2.05) is 19.9 Å². The lowest BCUT2D eigenvalue weighted by atomic mass is 10.1. The van der Waals surface area contributed by atoms with Crippen LogP contribution in [-0.4, -0.2) is 43.7 Å². The zero-order valence-corrected chi connectivity index (χ0v) is 16.5. The summed E-state index contributed by atoms with van der Waals surface area (Å²) >= 11 is 1.27. The van der Waals surface area contributed by atoms with Gasteiger partial charge in [0.1, 0.15) is 9.97 Å². The predicted molar refractivity (Wildman–Crippen MR) is 97.3 cm³/mol. The summed E-state index contributed by atoms with van der Waals surface area (Å²) in [5, 5.41) is 3.95. The first kappa shape index (κ1) is 18.6. The highest BCUT2D eigenvalue weighted by Gasteiger charge is 2.32. The van der Waals surface area contributed by atoms with E-state index in [1.54, 1.807) is 10.4 Å². The highest BCUT2D eigenvalue weighted by atomic mass is 32.2. The first-order valence-corrected chi connectivity index (χ1v) is 10.8. The normalized spacial score (nSPS) is 19.4. The summed E-state index contributed by atoms with van der Waals surface area (Å²) in [6.45, 7) is 7.41. The zero-order valence-electron chi connectivity index (χ0n) is 14.8. The van der Waals surface area contributed by atoms with E-state index < -0.39 is 10.0 Å². The second-order valence-corrected chi connectivity index (χ2v) is 9.56. The Bertz CT molecular complexity index is 806. The van der Waals surface area contributed by atoms with Crippen LogP contribution in [0.15, 0.2) is 20.9 Å². The largest absolute Gasteiger partial charge is 0.377 e. The Labute approximate surface area is 152 Å². The molecule has 0 aliphatic carbocycles. The van der Waals surface area contributed by atoms with Crippen LogP contribution < -0.4 is 0 Å². The van der Waals surface area contributed by atoms with E-state index in [-0.39, 0.29) is 6.10 Å². The molecule has 0 amide bonds. The smallest absolute Gasteiger partial charge is 0.252 e. The Morgan fingerprint density at radius 1 is 1.40 bits per heavy atom. The van der Waals surface area contributed by atoms with Gasteiger partial charge in [-0.15, -0.1) is 11.3 Å². The lowest BCUT2D eigenvalue weighted by Crippen LogP contribution is -2.43. The third kappa shape index (κ3) is 3.81. The third-order valence-electron chi connectivity index (χ3n) is 4.35. The van der Waals surface area contributed by atoms with Gasteiger partial charge < -0.3 is 9.26 Å². The van der Waals surface area contributed by atoms with Gasteiger partial charge in [0.15, 0.2) is 0 Å². The number of sulfonamides is 1.